The average molecular weight is 601 g/mol. The SMILES string of the molecule is COc1cc2c(cc1OC(C)C)C(c1ccc(Cl)cc1)N(c1ccc(C(C)(O)c3ccc(NC(C)=O)cc3)cc1)C(O)C2. The molecule has 8 heteroatoms. The average Bonchev–Trinajstić information content (AvgIpc) is 2.97. The number of carbonyl (C=O) groups excluding carboxylic acids is 1. The van der Waals surface area contributed by atoms with Gasteiger partial charge >= 0.3 is 0 Å². The van der Waals surface area contributed by atoms with Gasteiger partial charge in [-0.05, 0) is 97.1 Å². The van der Waals surface area contributed by atoms with E-state index in [9.17, 15) is 15.0 Å². The summed E-state index contributed by atoms with van der Waals surface area (Å²) in [5.74, 6) is 1.11. The van der Waals surface area contributed by atoms with Gasteiger partial charge in [-0.1, -0.05) is 48.0 Å². The second-order valence-corrected chi connectivity index (χ2v) is 11.7. The van der Waals surface area contributed by atoms with Gasteiger partial charge in [-0.3, -0.25) is 4.79 Å². The Hall–Kier alpha value is -4.04. The van der Waals surface area contributed by atoms with E-state index in [-0.39, 0.29) is 18.1 Å². The molecule has 0 radical (unpaired) electrons. The first-order chi connectivity index (χ1) is 20.5. The van der Waals surface area contributed by atoms with Gasteiger partial charge in [0, 0.05) is 29.7 Å². The number of anilines is 2. The fourth-order valence-electron chi connectivity index (χ4n) is 5.68. The van der Waals surface area contributed by atoms with Gasteiger partial charge in [0.25, 0.3) is 0 Å². The summed E-state index contributed by atoms with van der Waals surface area (Å²) < 4.78 is 11.8. The van der Waals surface area contributed by atoms with Gasteiger partial charge < -0.3 is 29.9 Å². The molecule has 1 aliphatic heterocycles. The molecule has 3 N–H and O–H groups in total. The van der Waals surface area contributed by atoms with E-state index in [4.69, 9.17) is 21.1 Å². The van der Waals surface area contributed by atoms with E-state index < -0.39 is 11.8 Å². The summed E-state index contributed by atoms with van der Waals surface area (Å²) >= 11 is 6.25. The molecule has 0 saturated carbocycles. The Morgan fingerprint density at radius 3 is 2.14 bits per heavy atom. The minimum atomic E-state index is -1.28. The third kappa shape index (κ3) is 6.34. The van der Waals surface area contributed by atoms with Gasteiger partial charge in [-0.25, -0.2) is 0 Å². The van der Waals surface area contributed by atoms with E-state index >= 15 is 0 Å². The van der Waals surface area contributed by atoms with Crippen LogP contribution in [-0.2, 0) is 16.8 Å². The van der Waals surface area contributed by atoms with Crippen molar-refractivity contribution in [1.82, 2.24) is 0 Å². The highest BCUT2D eigenvalue weighted by molar-refractivity contribution is 6.30. The van der Waals surface area contributed by atoms with Crippen LogP contribution in [0.3, 0.4) is 0 Å². The maximum absolute atomic E-state index is 11.6. The Morgan fingerprint density at radius 2 is 1.58 bits per heavy atom. The van der Waals surface area contributed by atoms with Crippen molar-refractivity contribution in [2.24, 2.45) is 0 Å². The molecule has 0 fully saturated rings. The molecule has 1 heterocycles. The number of aliphatic hydroxyl groups excluding tert-OH is 1. The molecule has 0 aromatic heterocycles. The molecule has 7 nitrogen and oxygen atoms in total. The van der Waals surface area contributed by atoms with Crippen LogP contribution in [0.1, 0.15) is 61.6 Å². The van der Waals surface area contributed by atoms with Gasteiger partial charge in [-0.2, -0.15) is 0 Å². The van der Waals surface area contributed by atoms with Crippen molar-refractivity contribution in [3.8, 4) is 11.5 Å². The zero-order valence-corrected chi connectivity index (χ0v) is 25.7. The van der Waals surface area contributed by atoms with Gasteiger partial charge in [0.2, 0.25) is 5.91 Å². The van der Waals surface area contributed by atoms with E-state index in [1.165, 1.54) is 6.92 Å². The van der Waals surface area contributed by atoms with E-state index in [2.05, 4.69) is 5.32 Å². The lowest BCUT2D eigenvalue weighted by Gasteiger charge is -2.43. The lowest BCUT2D eigenvalue weighted by molar-refractivity contribution is -0.114. The van der Waals surface area contributed by atoms with Crippen molar-refractivity contribution in [1.29, 1.82) is 0 Å². The molecular formula is C35H37ClN2O5. The molecular weight excluding hydrogens is 564 g/mol. The number of fused-ring (bicyclic) bond motifs is 1. The van der Waals surface area contributed by atoms with Gasteiger partial charge in [0.05, 0.1) is 19.3 Å². The minimum absolute atomic E-state index is 0.0480. The summed E-state index contributed by atoms with van der Waals surface area (Å²) in [5, 5.41) is 26.5. The van der Waals surface area contributed by atoms with Crippen molar-refractivity contribution >= 4 is 28.9 Å². The second kappa shape index (κ2) is 12.3. The molecule has 4 aromatic carbocycles. The Kier molecular flexibility index (Phi) is 8.69. The van der Waals surface area contributed by atoms with E-state index in [0.29, 0.717) is 39.8 Å². The van der Waals surface area contributed by atoms with Crippen LogP contribution in [0.25, 0.3) is 0 Å². The highest BCUT2D eigenvalue weighted by Crippen LogP contribution is 2.45. The van der Waals surface area contributed by atoms with Crippen molar-refractivity contribution in [3.05, 3.63) is 118 Å². The molecule has 43 heavy (non-hydrogen) atoms. The molecule has 1 aliphatic rings. The van der Waals surface area contributed by atoms with Gasteiger partial charge in [-0.15, -0.1) is 0 Å². The summed E-state index contributed by atoms with van der Waals surface area (Å²) in [6.45, 7) is 7.14. The first-order valence-corrected chi connectivity index (χ1v) is 14.7. The molecule has 3 unspecified atom stereocenters. The van der Waals surface area contributed by atoms with Crippen molar-refractivity contribution in [2.45, 2.75) is 58.1 Å². The van der Waals surface area contributed by atoms with Gasteiger partial charge in [0.15, 0.2) is 11.5 Å². The standard InChI is InChI=1S/C35H37ClN2O5/c1-21(2)43-32-20-30-24(18-31(32)42-5)19-33(40)38(34(30)23-6-12-27(36)13-7-23)29-16-10-26(11-17-29)35(4,41)25-8-14-28(15-9-25)37-22(3)39/h6-18,20-21,33-34,40-41H,19H2,1-5H3,(H,37,39). The monoisotopic (exact) mass is 600 g/mol. The lowest BCUT2D eigenvalue weighted by Crippen LogP contribution is -2.44. The smallest absolute Gasteiger partial charge is 0.221 e. The maximum Gasteiger partial charge on any atom is 0.221 e. The van der Waals surface area contributed by atoms with E-state index in [1.807, 2.05) is 79.4 Å². The first kappa shape index (κ1) is 30.4. The molecule has 5 rings (SSSR count). The predicted octanol–water partition coefficient (Wildman–Crippen LogP) is 6.82. The number of carbonyl (C=O) groups is 1. The third-order valence-corrected chi connectivity index (χ3v) is 8.02. The molecule has 4 aromatic rings. The predicted molar refractivity (Wildman–Crippen MR) is 170 cm³/mol. The number of methoxy groups -OCH3 is 1. The van der Waals surface area contributed by atoms with Crippen molar-refractivity contribution in [3.63, 3.8) is 0 Å². The lowest BCUT2D eigenvalue weighted by atomic mass is 9.85. The molecule has 224 valence electrons. The summed E-state index contributed by atoms with van der Waals surface area (Å²) in [5.41, 5.74) is 4.48. The number of nitrogens with one attached hydrogen (secondary N) is 1. The Morgan fingerprint density at radius 1 is 0.977 bits per heavy atom. The van der Waals surface area contributed by atoms with Gasteiger partial charge in [0.1, 0.15) is 11.8 Å². The Labute approximate surface area is 257 Å². The van der Waals surface area contributed by atoms with Crippen LogP contribution in [0.2, 0.25) is 5.02 Å². The largest absolute Gasteiger partial charge is 0.493 e. The number of aliphatic hydroxyl groups is 2. The normalized spacial score (nSPS) is 17.7. The molecule has 0 bridgehead atoms. The Bertz CT molecular complexity index is 1580. The van der Waals surface area contributed by atoms with Crippen LogP contribution in [0.5, 0.6) is 11.5 Å². The zero-order chi connectivity index (χ0) is 30.9. The second-order valence-electron chi connectivity index (χ2n) is 11.3. The molecule has 0 saturated heterocycles. The number of hydrogen-bond donors (Lipinski definition) is 3. The topological polar surface area (TPSA) is 91.3 Å². The number of rotatable bonds is 8. The maximum atomic E-state index is 11.6. The number of amides is 1. The van der Waals surface area contributed by atoms with Crippen LogP contribution in [0.4, 0.5) is 11.4 Å². The number of hydrogen-bond acceptors (Lipinski definition) is 6. The minimum Gasteiger partial charge on any atom is -0.493 e. The fourth-order valence-corrected chi connectivity index (χ4v) is 5.81. The summed E-state index contributed by atoms with van der Waals surface area (Å²) in [7, 11) is 1.62. The number of halogens is 1. The summed E-state index contributed by atoms with van der Waals surface area (Å²) in [6.07, 6.45) is -0.492. The van der Waals surface area contributed by atoms with Crippen molar-refractivity contribution < 1.29 is 24.5 Å². The molecule has 3 atom stereocenters. The number of benzene rings is 4. The quantitative estimate of drug-likeness (QED) is 0.206. The van der Waals surface area contributed by atoms with Crippen LogP contribution < -0.4 is 19.7 Å². The highest BCUT2D eigenvalue weighted by Gasteiger charge is 2.36. The Balaban J connectivity index is 1.54. The third-order valence-electron chi connectivity index (χ3n) is 7.77. The molecule has 0 aliphatic carbocycles. The summed E-state index contributed by atoms with van der Waals surface area (Å²) in [6, 6.07) is 26.0. The highest BCUT2D eigenvalue weighted by atomic mass is 35.5. The summed E-state index contributed by atoms with van der Waals surface area (Å²) in [4.78, 5) is 13.4. The fraction of sp³-hybridized carbons (Fsp3) is 0.286. The van der Waals surface area contributed by atoms with Crippen LogP contribution in [0, 0.1) is 0 Å². The zero-order valence-electron chi connectivity index (χ0n) is 25.0. The van der Waals surface area contributed by atoms with E-state index in [0.717, 1.165) is 22.4 Å². The van der Waals surface area contributed by atoms with E-state index in [1.54, 1.807) is 38.3 Å². The number of nitrogens with zero attached hydrogens (tertiary/aromatic N) is 1. The van der Waals surface area contributed by atoms with Crippen molar-refractivity contribution in [2.75, 3.05) is 17.3 Å². The molecule has 0 spiro atoms. The van der Waals surface area contributed by atoms with Crippen LogP contribution in [-0.4, -0.2) is 35.6 Å². The van der Waals surface area contributed by atoms with Crippen LogP contribution in [0.15, 0.2) is 84.9 Å². The molecule has 1 amide bonds. The number of ether oxygens (including phenoxy) is 2. The van der Waals surface area contributed by atoms with Crippen LogP contribution >= 0.6 is 11.6 Å². The first-order valence-electron chi connectivity index (χ1n) is 14.3.